The fourth-order valence-corrected chi connectivity index (χ4v) is 5.52. The molecule has 0 aliphatic carbocycles. The van der Waals surface area contributed by atoms with Gasteiger partial charge in [-0.2, -0.15) is 0 Å². The third-order valence-corrected chi connectivity index (χ3v) is 7.69. The molecule has 0 amide bonds. The fourth-order valence-electron chi connectivity index (χ4n) is 5.52. The molecule has 1 atom stereocenters. The van der Waals surface area contributed by atoms with Crippen LogP contribution in [-0.4, -0.2) is 51.6 Å². The third kappa shape index (κ3) is 4.76. The molecule has 1 saturated heterocycles. The maximum absolute atomic E-state index is 13.7. The predicted octanol–water partition coefficient (Wildman–Crippen LogP) is 4.53. The van der Waals surface area contributed by atoms with Crippen LogP contribution in [0.3, 0.4) is 0 Å². The molecule has 0 spiro atoms. The van der Waals surface area contributed by atoms with E-state index < -0.39 is 6.04 Å². The van der Waals surface area contributed by atoms with Gasteiger partial charge in [0.05, 0.1) is 24.9 Å². The molecule has 194 valence electrons. The molecule has 3 heterocycles. The van der Waals surface area contributed by atoms with Gasteiger partial charge >= 0.3 is 0 Å². The number of rotatable bonds is 6. The Labute approximate surface area is 222 Å². The van der Waals surface area contributed by atoms with Crippen LogP contribution in [0.5, 0.6) is 5.75 Å². The van der Waals surface area contributed by atoms with E-state index in [1.165, 1.54) is 11.1 Å². The molecule has 0 saturated carbocycles. The second kappa shape index (κ2) is 10.5. The zero-order valence-corrected chi connectivity index (χ0v) is 21.5. The summed E-state index contributed by atoms with van der Waals surface area (Å²) in [6.45, 7) is 3.23. The minimum Gasteiger partial charge on any atom is -0.497 e. The summed E-state index contributed by atoms with van der Waals surface area (Å²) in [6.07, 6.45) is 3.21. The number of carbonyl (C=O) groups is 1. The summed E-state index contributed by atoms with van der Waals surface area (Å²) in [7, 11) is 1.64. The van der Waals surface area contributed by atoms with Gasteiger partial charge in [0.2, 0.25) is 5.78 Å². The normalized spacial score (nSPS) is 18.4. The molecular formula is C31H32N4O3. The van der Waals surface area contributed by atoms with Gasteiger partial charge in [0.15, 0.2) is 0 Å². The van der Waals surface area contributed by atoms with Gasteiger partial charge in [-0.15, -0.1) is 0 Å². The number of piperidine rings is 1. The van der Waals surface area contributed by atoms with Crippen molar-refractivity contribution in [3.8, 4) is 22.6 Å². The number of ether oxygens (including phenoxy) is 1. The van der Waals surface area contributed by atoms with Gasteiger partial charge in [-0.25, -0.2) is 4.98 Å². The van der Waals surface area contributed by atoms with Gasteiger partial charge < -0.3 is 9.84 Å². The summed E-state index contributed by atoms with van der Waals surface area (Å²) in [4.78, 5) is 20.6. The molecule has 4 aromatic rings. The zero-order chi connectivity index (χ0) is 26.1. The number of nitrogens with zero attached hydrogens (tertiary/aromatic N) is 3. The van der Waals surface area contributed by atoms with E-state index in [9.17, 15) is 9.90 Å². The van der Waals surface area contributed by atoms with Crippen LogP contribution in [-0.2, 0) is 13.1 Å². The number of aliphatic hydroxyl groups is 1. The van der Waals surface area contributed by atoms with E-state index in [2.05, 4.69) is 63.7 Å². The number of ketones is 1. The number of benzene rings is 3. The number of hydrogen-bond donors (Lipinski definition) is 2. The molecule has 2 N–H and O–H groups in total. The number of fused-ring (bicyclic) bond motifs is 1. The molecule has 1 aromatic heterocycles. The van der Waals surface area contributed by atoms with Crippen LogP contribution in [0, 0.1) is 0 Å². The summed E-state index contributed by atoms with van der Waals surface area (Å²) in [5.74, 6) is 0.782. The maximum atomic E-state index is 13.7. The third-order valence-electron chi connectivity index (χ3n) is 7.69. The number of aromatic nitrogens is 2. The average molecular weight is 509 g/mol. The van der Waals surface area contributed by atoms with Crippen LogP contribution in [0.4, 0.5) is 0 Å². The van der Waals surface area contributed by atoms with E-state index in [1.54, 1.807) is 13.4 Å². The quantitative estimate of drug-likeness (QED) is 0.398. The van der Waals surface area contributed by atoms with Gasteiger partial charge in [0.1, 0.15) is 17.8 Å². The average Bonchev–Trinajstić information content (AvgIpc) is 3.40. The Kier molecular flexibility index (Phi) is 6.81. The number of nitrogens with one attached hydrogen (secondary N) is 1. The molecule has 38 heavy (non-hydrogen) atoms. The SMILES string of the molecule is COc1ccc(-n2cnc3c2C(=O)C(c2ccc(-c4ccccc4CN4CCC(O)CC4)cc2)NC3)cc1. The monoisotopic (exact) mass is 508 g/mol. The first-order valence-corrected chi connectivity index (χ1v) is 13.2. The Hall–Kier alpha value is -3.78. The molecule has 1 unspecified atom stereocenters. The highest BCUT2D eigenvalue weighted by molar-refractivity contribution is 6.01. The van der Waals surface area contributed by atoms with Crippen molar-refractivity contribution in [1.82, 2.24) is 19.8 Å². The number of likely N-dealkylation sites (tertiary alicyclic amines) is 1. The van der Waals surface area contributed by atoms with E-state index in [0.717, 1.165) is 60.7 Å². The predicted molar refractivity (Wildman–Crippen MR) is 146 cm³/mol. The standard InChI is InChI=1S/C31H32N4O3/c1-38-26-12-10-24(11-13-26)35-20-33-28-18-32-29(31(37)30(28)35)22-8-6-21(7-9-22)27-5-3-2-4-23(27)19-34-16-14-25(36)15-17-34/h2-13,20,25,29,32,36H,14-19H2,1H3. The Morgan fingerprint density at radius 1 is 1.00 bits per heavy atom. The van der Waals surface area contributed by atoms with Crippen LogP contribution >= 0.6 is 0 Å². The molecule has 0 bridgehead atoms. The minimum atomic E-state index is -0.430. The van der Waals surface area contributed by atoms with Crippen LogP contribution in [0.1, 0.15) is 46.2 Å². The number of Topliss-reactive ketones (excluding diaryl/α,β-unsaturated/α-hetero) is 1. The van der Waals surface area contributed by atoms with Crippen molar-refractivity contribution in [1.29, 1.82) is 0 Å². The second-order valence-electron chi connectivity index (χ2n) is 10.1. The lowest BCUT2D eigenvalue weighted by atomic mass is 9.93. The van der Waals surface area contributed by atoms with Gasteiger partial charge in [-0.05, 0) is 59.4 Å². The van der Waals surface area contributed by atoms with E-state index in [0.29, 0.717) is 12.2 Å². The first kappa shape index (κ1) is 24.6. The number of carbonyl (C=O) groups excluding carboxylic acids is 1. The first-order valence-electron chi connectivity index (χ1n) is 13.2. The van der Waals surface area contributed by atoms with Crippen molar-refractivity contribution in [2.24, 2.45) is 0 Å². The summed E-state index contributed by atoms with van der Waals surface area (Å²) in [5.41, 5.74) is 6.81. The number of aliphatic hydroxyl groups excluding tert-OH is 1. The highest BCUT2D eigenvalue weighted by atomic mass is 16.5. The molecule has 6 rings (SSSR count). The zero-order valence-electron chi connectivity index (χ0n) is 21.5. The lowest BCUT2D eigenvalue weighted by Gasteiger charge is -2.30. The minimum absolute atomic E-state index is 0.0139. The lowest BCUT2D eigenvalue weighted by molar-refractivity contribution is 0.0793. The molecule has 0 radical (unpaired) electrons. The summed E-state index contributed by atoms with van der Waals surface area (Å²) < 4.78 is 7.14. The van der Waals surface area contributed by atoms with Crippen LogP contribution in [0.2, 0.25) is 0 Å². The summed E-state index contributed by atoms with van der Waals surface area (Å²) >= 11 is 0. The van der Waals surface area contributed by atoms with Crippen molar-refractivity contribution in [3.63, 3.8) is 0 Å². The van der Waals surface area contributed by atoms with Crippen molar-refractivity contribution in [2.75, 3.05) is 20.2 Å². The first-order chi connectivity index (χ1) is 18.6. The Balaban J connectivity index is 1.23. The maximum Gasteiger partial charge on any atom is 0.202 e. The molecular weight excluding hydrogens is 476 g/mol. The Bertz CT molecular complexity index is 1420. The summed E-state index contributed by atoms with van der Waals surface area (Å²) in [5, 5.41) is 13.2. The van der Waals surface area contributed by atoms with Crippen molar-refractivity contribution in [3.05, 3.63) is 102 Å². The van der Waals surface area contributed by atoms with E-state index in [1.807, 2.05) is 28.8 Å². The van der Waals surface area contributed by atoms with Crippen LogP contribution in [0.25, 0.3) is 16.8 Å². The number of imidazole rings is 1. The molecule has 2 aliphatic rings. The largest absolute Gasteiger partial charge is 0.497 e. The van der Waals surface area contributed by atoms with Gasteiger partial charge in [-0.1, -0.05) is 48.5 Å². The fraction of sp³-hybridized carbons (Fsp3) is 0.290. The van der Waals surface area contributed by atoms with Crippen molar-refractivity contribution in [2.45, 2.75) is 38.1 Å². The second-order valence-corrected chi connectivity index (χ2v) is 10.1. The van der Waals surface area contributed by atoms with E-state index in [-0.39, 0.29) is 11.9 Å². The number of hydrogen-bond acceptors (Lipinski definition) is 6. The summed E-state index contributed by atoms with van der Waals surface area (Å²) in [6, 6.07) is 24.0. The Morgan fingerprint density at radius 2 is 1.74 bits per heavy atom. The highest BCUT2D eigenvalue weighted by Crippen LogP contribution is 2.31. The molecule has 7 nitrogen and oxygen atoms in total. The van der Waals surface area contributed by atoms with Crippen LogP contribution in [0.15, 0.2) is 79.1 Å². The highest BCUT2D eigenvalue weighted by Gasteiger charge is 2.32. The smallest absolute Gasteiger partial charge is 0.202 e. The molecule has 1 fully saturated rings. The van der Waals surface area contributed by atoms with Gasteiger partial charge in [0.25, 0.3) is 0 Å². The van der Waals surface area contributed by atoms with Crippen LogP contribution < -0.4 is 10.1 Å². The molecule has 7 heteroatoms. The number of methoxy groups -OCH3 is 1. The van der Waals surface area contributed by atoms with E-state index >= 15 is 0 Å². The lowest BCUT2D eigenvalue weighted by Crippen LogP contribution is -2.35. The van der Waals surface area contributed by atoms with Gasteiger partial charge in [0, 0.05) is 31.9 Å². The van der Waals surface area contributed by atoms with Crippen molar-refractivity contribution >= 4 is 5.78 Å². The topological polar surface area (TPSA) is 79.6 Å². The van der Waals surface area contributed by atoms with Crippen molar-refractivity contribution < 1.29 is 14.6 Å². The molecule has 2 aliphatic heterocycles. The Morgan fingerprint density at radius 3 is 2.47 bits per heavy atom. The van der Waals surface area contributed by atoms with E-state index in [4.69, 9.17) is 4.74 Å². The molecule has 3 aromatic carbocycles. The van der Waals surface area contributed by atoms with Gasteiger partial charge in [-0.3, -0.25) is 19.6 Å².